The van der Waals surface area contributed by atoms with Crippen molar-refractivity contribution < 1.29 is 9.59 Å². The van der Waals surface area contributed by atoms with E-state index in [2.05, 4.69) is 19.2 Å². The third-order valence-electron chi connectivity index (χ3n) is 2.63. The van der Waals surface area contributed by atoms with Crippen molar-refractivity contribution in [2.24, 2.45) is 11.8 Å². The Labute approximate surface area is 105 Å². The quantitative estimate of drug-likeness (QED) is 0.738. The molecule has 0 saturated heterocycles. The lowest BCUT2D eigenvalue weighted by molar-refractivity contribution is -0.130. The fourth-order valence-electron chi connectivity index (χ4n) is 1.36. The van der Waals surface area contributed by atoms with Crippen molar-refractivity contribution in [3.8, 4) is 0 Å². The van der Waals surface area contributed by atoms with Crippen LogP contribution in [0.5, 0.6) is 0 Å². The smallest absolute Gasteiger partial charge is 0.222 e. The summed E-state index contributed by atoms with van der Waals surface area (Å²) in [4.78, 5) is 24.5. The highest BCUT2D eigenvalue weighted by atomic mass is 16.2. The van der Waals surface area contributed by atoms with E-state index in [1.54, 1.807) is 11.8 Å². The van der Waals surface area contributed by atoms with Gasteiger partial charge in [-0.3, -0.25) is 9.59 Å². The van der Waals surface area contributed by atoms with Gasteiger partial charge in [-0.05, 0) is 12.3 Å². The van der Waals surface area contributed by atoms with Gasteiger partial charge in [0.25, 0.3) is 0 Å². The number of rotatable bonds is 7. The van der Waals surface area contributed by atoms with E-state index in [0.717, 1.165) is 13.0 Å². The van der Waals surface area contributed by atoms with E-state index in [4.69, 9.17) is 0 Å². The Morgan fingerprint density at radius 3 is 2.12 bits per heavy atom. The van der Waals surface area contributed by atoms with Crippen LogP contribution in [0.15, 0.2) is 0 Å². The van der Waals surface area contributed by atoms with Gasteiger partial charge in [0.05, 0.1) is 0 Å². The van der Waals surface area contributed by atoms with Gasteiger partial charge in [-0.25, -0.2) is 0 Å². The summed E-state index contributed by atoms with van der Waals surface area (Å²) in [7, 11) is 0. The number of hydrogen-bond acceptors (Lipinski definition) is 2. The molecule has 100 valence electrons. The zero-order chi connectivity index (χ0) is 13.4. The Morgan fingerprint density at radius 1 is 1.12 bits per heavy atom. The Hall–Kier alpha value is -1.06. The van der Waals surface area contributed by atoms with Gasteiger partial charge in [0.15, 0.2) is 0 Å². The van der Waals surface area contributed by atoms with Crippen LogP contribution in [0.25, 0.3) is 0 Å². The van der Waals surface area contributed by atoms with Crippen LogP contribution in [-0.4, -0.2) is 36.3 Å². The molecule has 1 N–H and O–H groups in total. The minimum atomic E-state index is -0.00329. The first-order valence-electron chi connectivity index (χ1n) is 6.37. The molecule has 0 spiro atoms. The Morgan fingerprint density at radius 2 is 1.71 bits per heavy atom. The lowest BCUT2D eigenvalue weighted by Gasteiger charge is -2.22. The second-order valence-electron chi connectivity index (χ2n) is 5.13. The number of nitrogens with zero attached hydrogens (tertiary/aromatic N) is 1. The molecule has 4 nitrogen and oxygen atoms in total. The van der Waals surface area contributed by atoms with E-state index in [9.17, 15) is 9.59 Å². The highest BCUT2D eigenvalue weighted by Crippen LogP contribution is 2.02. The average Bonchev–Trinajstić information content (AvgIpc) is 2.21. The van der Waals surface area contributed by atoms with E-state index in [-0.39, 0.29) is 17.7 Å². The normalized spacial score (nSPS) is 10.8. The molecule has 0 aromatic rings. The fraction of sp³-hybridized carbons (Fsp3) is 0.846. The number of hydrogen-bond donors (Lipinski definition) is 1. The molecule has 0 aromatic heterocycles. The monoisotopic (exact) mass is 242 g/mol. The topological polar surface area (TPSA) is 49.4 Å². The van der Waals surface area contributed by atoms with E-state index in [1.807, 2.05) is 13.8 Å². The molecule has 0 unspecified atom stereocenters. The van der Waals surface area contributed by atoms with Gasteiger partial charge in [0.1, 0.15) is 0 Å². The zero-order valence-corrected chi connectivity index (χ0v) is 11.7. The summed E-state index contributed by atoms with van der Waals surface area (Å²) in [6.45, 7) is 11.5. The largest absolute Gasteiger partial charge is 0.354 e. The Kier molecular flexibility index (Phi) is 7.59. The van der Waals surface area contributed by atoms with Crippen molar-refractivity contribution in [2.45, 2.75) is 41.0 Å². The molecule has 0 radical (unpaired) electrons. The van der Waals surface area contributed by atoms with Gasteiger partial charge in [-0.15, -0.1) is 0 Å². The summed E-state index contributed by atoms with van der Waals surface area (Å²) < 4.78 is 0. The van der Waals surface area contributed by atoms with E-state index in [1.165, 1.54) is 0 Å². The van der Waals surface area contributed by atoms with E-state index < -0.39 is 0 Å². The molecule has 0 aliphatic carbocycles. The van der Waals surface area contributed by atoms with E-state index >= 15 is 0 Å². The van der Waals surface area contributed by atoms with Gasteiger partial charge in [0.2, 0.25) is 11.8 Å². The van der Waals surface area contributed by atoms with E-state index in [0.29, 0.717) is 19.0 Å². The Balaban J connectivity index is 3.93. The number of carbonyl (C=O) groups is 2. The number of nitrogens with one attached hydrogen (secondary N) is 1. The van der Waals surface area contributed by atoms with Crippen LogP contribution in [0.4, 0.5) is 0 Å². The third-order valence-corrected chi connectivity index (χ3v) is 2.63. The molecule has 0 aliphatic heterocycles. The van der Waals surface area contributed by atoms with Crippen LogP contribution in [0.3, 0.4) is 0 Å². The highest BCUT2D eigenvalue weighted by molar-refractivity contribution is 5.78. The van der Waals surface area contributed by atoms with Crippen LogP contribution in [0.2, 0.25) is 0 Å². The maximum Gasteiger partial charge on any atom is 0.222 e. The first-order valence-corrected chi connectivity index (χ1v) is 6.37. The summed E-state index contributed by atoms with van der Waals surface area (Å²) in [6.07, 6.45) is 0.998. The second-order valence-corrected chi connectivity index (χ2v) is 5.13. The molecular weight excluding hydrogens is 216 g/mol. The first kappa shape index (κ1) is 15.9. The van der Waals surface area contributed by atoms with Crippen molar-refractivity contribution in [1.29, 1.82) is 0 Å². The molecular formula is C13H26N2O2. The molecule has 4 heteroatoms. The highest BCUT2D eigenvalue weighted by Gasteiger charge is 2.10. The van der Waals surface area contributed by atoms with Gasteiger partial charge >= 0.3 is 0 Å². The summed E-state index contributed by atoms with van der Waals surface area (Å²) >= 11 is 0. The van der Waals surface area contributed by atoms with Crippen LogP contribution >= 0.6 is 0 Å². The van der Waals surface area contributed by atoms with Gasteiger partial charge in [-0.2, -0.15) is 0 Å². The maximum absolute atomic E-state index is 11.4. The molecule has 0 heterocycles. The Bertz CT molecular complexity index is 250. The average molecular weight is 242 g/mol. The summed E-state index contributed by atoms with van der Waals surface area (Å²) in [5.74, 6) is 0.695. The lowest BCUT2D eigenvalue weighted by atomic mass is 10.1. The maximum atomic E-state index is 11.4. The lowest BCUT2D eigenvalue weighted by Crippen LogP contribution is -2.39. The standard InChI is InChI=1S/C13H26N2O2/c1-10(2)6-8-15(12(5)16)9-7-14-13(17)11(3)4/h10-11H,6-9H2,1-5H3,(H,14,17). The molecule has 0 aliphatic rings. The molecule has 0 rings (SSSR count). The molecule has 0 atom stereocenters. The van der Waals surface area contributed by atoms with Crippen LogP contribution in [0, 0.1) is 11.8 Å². The molecule has 2 amide bonds. The minimum Gasteiger partial charge on any atom is -0.354 e. The molecule has 0 fully saturated rings. The van der Waals surface area contributed by atoms with Crippen molar-refractivity contribution in [1.82, 2.24) is 10.2 Å². The minimum absolute atomic E-state index is 0.00329. The van der Waals surface area contributed by atoms with Crippen molar-refractivity contribution in [2.75, 3.05) is 19.6 Å². The summed E-state index contributed by atoms with van der Waals surface area (Å²) in [5, 5.41) is 2.82. The zero-order valence-electron chi connectivity index (χ0n) is 11.7. The fourth-order valence-corrected chi connectivity index (χ4v) is 1.36. The van der Waals surface area contributed by atoms with Crippen LogP contribution < -0.4 is 5.32 Å². The van der Waals surface area contributed by atoms with Gasteiger partial charge < -0.3 is 10.2 Å². The number of amides is 2. The van der Waals surface area contributed by atoms with Crippen LogP contribution in [0.1, 0.15) is 41.0 Å². The molecule has 0 aromatic carbocycles. The van der Waals surface area contributed by atoms with Crippen molar-refractivity contribution in [3.05, 3.63) is 0 Å². The molecule has 17 heavy (non-hydrogen) atoms. The van der Waals surface area contributed by atoms with Crippen molar-refractivity contribution >= 4 is 11.8 Å². The predicted molar refractivity (Wildman–Crippen MR) is 69.6 cm³/mol. The predicted octanol–water partition coefficient (Wildman–Crippen LogP) is 1.65. The van der Waals surface area contributed by atoms with Gasteiger partial charge in [-0.1, -0.05) is 27.7 Å². The summed E-state index contributed by atoms with van der Waals surface area (Å²) in [5.41, 5.74) is 0. The second kappa shape index (κ2) is 8.09. The van der Waals surface area contributed by atoms with Gasteiger partial charge in [0, 0.05) is 32.5 Å². The van der Waals surface area contributed by atoms with Crippen LogP contribution in [-0.2, 0) is 9.59 Å². The molecule has 0 bridgehead atoms. The molecule has 0 saturated carbocycles. The first-order chi connectivity index (χ1) is 7.84. The SMILES string of the molecule is CC(=O)N(CCNC(=O)C(C)C)CCC(C)C. The van der Waals surface area contributed by atoms with Crippen molar-refractivity contribution in [3.63, 3.8) is 0 Å². The summed E-state index contributed by atoms with van der Waals surface area (Å²) in [6, 6.07) is 0. The third kappa shape index (κ3) is 7.77. The number of carbonyl (C=O) groups excluding carboxylic acids is 2.